The van der Waals surface area contributed by atoms with Gasteiger partial charge in [0.2, 0.25) is 0 Å². The molecule has 0 aliphatic rings. The van der Waals surface area contributed by atoms with Gasteiger partial charge in [0.05, 0.1) is 5.69 Å². The highest BCUT2D eigenvalue weighted by Gasteiger charge is 2.20. The van der Waals surface area contributed by atoms with Crippen LogP contribution in [0.25, 0.3) is 95.6 Å². The second kappa shape index (κ2) is 14.8. The maximum absolute atomic E-state index is 2.45. The van der Waals surface area contributed by atoms with Crippen molar-refractivity contribution in [2.24, 2.45) is 0 Å². The van der Waals surface area contributed by atoms with Gasteiger partial charge in [-0.15, -0.1) is 22.7 Å². The number of benzene rings is 10. The van der Waals surface area contributed by atoms with Crippen molar-refractivity contribution in [3.05, 3.63) is 224 Å². The lowest BCUT2D eigenvalue weighted by Crippen LogP contribution is -2.11. The van der Waals surface area contributed by atoms with Crippen LogP contribution in [0.4, 0.5) is 17.1 Å². The Balaban J connectivity index is 1.02. The molecule has 0 bridgehead atoms. The number of thiophene rings is 2. The zero-order valence-corrected chi connectivity index (χ0v) is 34.8. The maximum Gasteiger partial charge on any atom is 0.0540 e. The van der Waals surface area contributed by atoms with E-state index in [0.29, 0.717) is 0 Å². The van der Waals surface area contributed by atoms with Crippen molar-refractivity contribution in [2.45, 2.75) is 0 Å². The summed E-state index contributed by atoms with van der Waals surface area (Å²) in [5, 5.41) is 7.72. The van der Waals surface area contributed by atoms with Crippen molar-refractivity contribution in [3.63, 3.8) is 0 Å². The molecule has 0 amide bonds. The molecule has 0 atom stereocenters. The summed E-state index contributed by atoms with van der Waals surface area (Å²) in [6.45, 7) is 0. The lowest BCUT2D eigenvalue weighted by Gasteiger charge is -2.29. The molecule has 1 nitrogen and oxygen atoms in total. The van der Waals surface area contributed by atoms with E-state index in [-0.39, 0.29) is 0 Å². The molecule has 10 aromatic carbocycles. The van der Waals surface area contributed by atoms with E-state index in [2.05, 4.69) is 229 Å². The molecule has 12 aromatic rings. The average Bonchev–Trinajstić information content (AvgIpc) is 3.90. The fraction of sp³-hybridized carbons (Fsp3) is 0. The number of hydrogen-bond acceptors (Lipinski definition) is 3. The van der Waals surface area contributed by atoms with Crippen LogP contribution in [0.15, 0.2) is 224 Å². The van der Waals surface area contributed by atoms with Crippen LogP contribution in [-0.2, 0) is 0 Å². The largest absolute Gasteiger partial charge is 0.310 e. The Bertz CT molecular complexity index is 3620. The van der Waals surface area contributed by atoms with E-state index < -0.39 is 0 Å². The normalized spacial score (nSPS) is 11.6. The number of nitrogens with zero attached hydrogens (tertiary/aromatic N) is 1. The molecule has 0 N–H and O–H groups in total. The van der Waals surface area contributed by atoms with E-state index in [0.717, 1.165) is 17.1 Å². The SMILES string of the molecule is c1cc(-c2cccc(N(c3cccc(-c4ccc5sc6ccccc6c5c4)c3)c3ccccc3-c3cccc4ccccc34)c2)cc(-c2cccc3c2sc2ccccc23)c1. The van der Waals surface area contributed by atoms with Gasteiger partial charge in [-0.2, -0.15) is 0 Å². The van der Waals surface area contributed by atoms with Crippen LogP contribution in [0.3, 0.4) is 0 Å². The van der Waals surface area contributed by atoms with Crippen LogP contribution in [0.5, 0.6) is 0 Å². The predicted octanol–water partition coefficient (Wildman–Crippen LogP) is 17.7. The number of para-hydroxylation sites is 1. The Morgan fingerprint density at radius 1 is 0.279 bits per heavy atom. The molecular weight excluding hydrogens is 775 g/mol. The lowest BCUT2D eigenvalue weighted by molar-refractivity contribution is 1.28. The third kappa shape index (κ3) is 6.21. The minimum atomic E-state index is 1.10. The molecule has 12 rings (SSSR count). The molecule has 61 heavy (non-hydrogen) atoms. The lowest BCUT2D eigenvalue weighted by atomic mass is 9.95. The molecule has 2 aromatic heterocycles. The zero-order chi connectivity index (χ0) is 40.3. The Hall–Kier alpha value is -7.30. The zero-order valence-electron chi connectivity index (χ0n) is 33.1. The summed E-state index contributed by atoms with van der Waals surface area (Å²) in [5.41, 5.74) is 12.9. The van der Waals surface area contributed by atoms with Gasteiger partial charge in [0.25, 0.3) is 0 Å². The molecule has 286 valence electrons. The van der Waals surface area contributed by atoms with Gasteiger partial charge >= 0.3 is 0 Å². The molecule has 0 fully saturated rings. The van der Waals surface area contributed by atoms with Gasteiger partial charge in [-0.05, 0) is 110 Å². The van der Waals surface area contributed by atoms with Gasteiger partial charge in [-0.1, -0.05) is 164 Å². The highest BCUT2D eigenvalue weighted by Crippen LogP contribution is 2.46. The highest BCUT2D eigenvalue weighted by atomic mass is 32.1. The molecule has 0 spiro atoms. The van der Waals surface area contributed by atoms with Gasteiger partial charge in [-0.25, -0.2) is 0 Å². The summed E-state index contributed by atoms with van der Waals surface area (Å²) >= 11 is 3.74. The summed E-state index contributed by atoms with van der Waals surface area (Å²) in [6, 6.07) is 82.5. The molecule has 0 saturated carbocycles. The van der Waals surface area contributed by atoms with Crippen LogP contribution in [0.1, 0.15) is 0 Å². The minimum absolute atomic E-state index is 1.10. The summed E-state index contributed by atoms with van der Waals surface area (Å²) in [6.07, 6.45) is 0. The average molecular weight is 812 g/mol. The first-order valence-electron chi connectivity index (χ1n) is 20.7. The number of hydrogen-bond donors (Lipinski definition) is 0. The molecule has 0 aliphatic carbocycles. The van der Waals surface area contributed by atoms with E-state index in [4.69, 9.17) is 0 Å². The molecule has 0 saturated heterocycles. The van der Waals surface area contributed by atoms with Crippen molar-refractivity contribution >= 4 is 90.9 Å². The number of rotatable bonds is 7. The predicted molar refractivity (Wildman–Crippen MR) is 266 cm³/mol. The van der Waals surface area contributed by atoms with Crippen LogP contribution in [0.2, 0.25) is 0 Å². The van der Waals surface area contributed by atoms with Gasteiger partial charge < -0.3 is 4.90 Å². The van der Waals surface area contributed by atoms with E-state index in [1.807, 2.05) is 22.7 Å². The molecule has 3 heteroatoms. The maximum atomic E-state index is 2.45. The standard InChI is InChI=1S/C58H37NS2/c1-2-22-46-38(14-1)15-12-27-48(46)49-23-3-6-29-54(49)59(45-21-11-18-41(36-45)42-32-33-57-53(37-42)51-25-5-7-30-55(51)60-57)44-20-10-17-40(35-44)39-16-9-19-43(34-39)47-26-13-28-52-50-24-4-8-31-56(50)61-58(47)52/h1-37H. The van der Waals surface area contributed by atoms with Crippen LogP contribution < -0.4 is 4.90 Å². The summed E-state index contributed by atoms with van der Waals surface area (Å²) in [4.78, 5) is 2.45. The topological polar surface area (TPSA) is 3.24 Å². The monoisotopic (exact) mass is 811 g/mol. The van der Waals surface area contributed by atoms with Crippen molar-refractivity contribution < 1.29 is 0 Å². The minimum Gasteiger partial charge on any atom is -0.310 e. The van der Waals surface area contributed by atoms with E-state index in [1.54, 1.807) is 0 Å². The van der Waals surface area contributed by atoms with E-state index >= 15 is 0 Å². The second-order valence-corrected chi connectivity index (χ2v) is 17.8. The number of anilines is 3. The first-order valence-corrected chi connectivity index (χ1v) is 22.4. The van der Waals surface area contributed by atoms with E-state index in [1.165, 1.54) is 95.6 Å². The van der Waals surface area contributed by atoms with Crippen molar-refractivity contribution in [1.29, 1.82) is 0 Å². The third-order valence-corrected chi connectivity index (χ3v) is 14.4. The van der Waals surface area contributed by atoms with Gasteiger partial charge in [0, 0.05) is 57.3 Å². The van der Waals surface area contributed by atoms with Gasteiger partial charge in [0.15, 0.2) is 0 Å². The second-order valence-electron chi connectivity index (χ2n) is 15.7. The van der Waals surface area contributed by atoms with Crippen molar-refractivity contribution in [1.82, 2.24) is 0 Å². The first-order chi connectivity index (χ1) is 30.2. The molecule has 0 aliphatic heterocycles. The van der Waals surface area contributed by atoms with Crippen LogP contribution in [-0.4, -0.2) is 0 Å². The molecule has 2 heterocycles. The molecule has 0 radical (unpaired) electrons. The fourth-order valence-corrected chi connectivity index (χ4v) is 11.5. The number of fused-ring (bicyclic) bond motifs is 7. The van der Waals surface area contributed by atoms with Crippen LogP contribution in [0, 0.1) is 0 Å². The smallest absolute Gasteiger partial charge is 0.0540 e. The Labute approximate surface area is 362 Å². The summed E-state index contributed by atoms with van der Waals surface area (Å²) < 4.78 is 5.29. The quantitative estimate of drug-likeness (QED) is 0.155. The van der Waals surface area contributed by atoms with E-state index in [9.17, 15) is 0 Å². The Morgan fingerprint density at radius 2 is 0.787 bits per heavy atom. The van der Waals surface area contributed by atoms with Crippen molar-refractivity contribution in [2.75, 3.05) is 4.90 Å². The summed E-state index contributed by atoms with van der Waals surface area (Å²) in [5.74, 6) is 0. The Morgan fingerprint density at radius 3 is 1.59 bits per heavy atom. The third-order valence-electron chi connectivity index (χ3n) is 12.1. The Kier molecular flexibility index (Phi) is 8.62. The van der Waals surface area contributed by atoms with Crippen molar-refractivity contribution in [3.8, 4) is 44.5 Å². The highest BCUT2D eigenvalue weighted by molar-refractivity contribution is 7.26. The van der Waals surface area contributed by atoms with Gasteiger partial charge in [0.1, 0.15) is 0 Å². The first kappa shape index (κ1) is 35.6. The molecule has 0 unspecified atom stereocenters. The fourth-order valence-electron chi connectivity index (χ4n) is 9.18. The molecular formula is C58H37NS2. The summed E-state index contributed by atoms with van der Waals surface area (Å²) in [7, 11) is 0. The van der Waals surface area contributed by atoms with Crippen LogP contribution >= 0.6 is 22.7 Å². The van der Waals surface area contributed by atoms with Gasteiger partial charge in [-0.3, -0.25) is 0 Å².